The highest BCUT2D eigenvalue weighted by molar-refractivity contribution is 5.94. The number of hydrogen-bond donors (Lipinski definition) is 0. The molecule has 0 saturated carbocycles. The van der Waals surface area contributed by atoms with Gasteiger partial charge in [0.1, 0.15) is 0 Å². The number of aromatic nitrogens is 1. The molecule has 1 unspecified atom stereocenters. The summed E-state index contributed by atoms with van der Waals surface area (Å²) in [7, 11) is 3.60. The molecule has 0 aromatic carbocycles. The van der Waals surface area contributed by atoms with E-state index in [0.717, 1.165) is 45.4 Å². The van der Waals surface area contributed by atoms with Gasteiger partial charge in [0.15, 0.2) is 0 Å². The summed E-state index contributed by atoms with van der Waals surface area (Å²) in [6.45, 7) is 3.93. The Hall–Kier alpha value is -1.95. The molecule has 0 radical (unpaired) electrons. The lowest BCUT2D eigenvalue weighted by Gasteiger charge is -2.40. The largest absolute Gasteiger partial charge is 0.348 e. The van der Waals surface area contributed by atoms with Crippen molar-refractivity contribution >= 4 is 11.8 Å². The van der Waals surface area contributed by atoms with Gasteiger partial charge in [-0.2, -0.15) is 0 Å². The fourth-order valence-electron chi connectivity index (χ4n) is 3.89. The zero-order valence-corrected chi connectivity index (χ0v) is 14.6. The average Bonchev–Trinajstić information content (AvgIpc) is 2.98. The summed E-state index contributed by atoms with van der Waals surface area (Å²) < 4.78 is 0. The summed E-state index contributed by atoms with van der Waals surface area (Å²) in [5.41, 5.74) is 0.799. The fraction of sp³-hybridized carbons (Fsp3) is 0.611. The highest BCUT2D eigenvalue weighted by Crippen LogP contribution is 2.39. The number of hydrogen-bond acceptors (Lipinski definition) is 4. The van der Waals surface area contributed by atoms with E-state index in [-0.39, 0.29) is 17.2 Å². The summed E-state index contributed by atoms with van der Waals surface area (Å²) >= 11 is 0. The third-order valence-corrected chi connectivity index (χ3v) is 5.23. The van der Waals surface area contributed by atoms with Crippen LogP contribution >= 0.6 is 0 Å². The zero-order chi connectivity index (χ0) is 17.2. The number of amides is 2. The first-order chi connectivity index (χ1) is 11.5. The van der Waals surface area contributed by atoms with Crippen LogP contribution in [0, 0.1) is 5.41 Å². The predicted molar refractivity (Wildman–Crippen MR) is 91.6 cm³/mol. The van der Waals surface area contributed by atoms with Gasteiger partial charge in [0.2, 0.25) is 5.91 Å². The lowest BCUT2D eigenvalue weighted by molar-refractivity contribution is -0.130. The maximum Gasteiger partial charge on any atom is 0.255 e. The van der Waals surface area contributed by atoms with E-state index < -0.39 is 0 Å². The molecule has 3 heterocycles. The lowest BCUT2D eigenvalue weighted by atomic mass is 9.79. The van der Waals surface area contributed by atoms with Crippen LogP contribution in [-0.2, 0) is 4.79 Å². The smallest absolute Gasteiger partial charge is 0.255 e. The van der Waals surface area contributed by atoms with Crippen molar-refractivity contribution in [2.75, 3.05) is 46.8 Å². The average molecular weight is 330 g/mol. The molecule has 0 bridgehead atoms. The van der Waals surface area contributed by atoms with E-state index in [1.165, 1.54) is 0 Å². The van der Waals surface area contributed by atoms with Crippen LogP contribution in [-0.4, -0.2) is 78.3 Å². The number of pyridine rings is 1. The van der Waals surface area contributed by atoms with Crippen LogP contribution in [0.4, 0.5) is 0 Å². The van der Waals surface area contributed by atoms with E-state index >= 15 is 0 Å². The van der Waals surface area contributed by atoms with Crippen LogP contribution in [0.3, 0.4) is 0 Å². The van der Waals surface area contributed by atoms with Gasteiger partial charge in [-0.05, 0) is 37.9 Å². The number of nitrogens with zero attached hydrogens (tertiary/aromatic N) is 4. The highest BCUT2D eigenvalue weighted by atomic mass is 16.2. The molecular weight excluding hydrogens is 304 g/mol. The second-order valence-corrected chi connectivity index (χ2v) is 7.32. The van der Waals surface area contributed by atoms with Gasteiger partial charge in [-0.1, -0.05) is 0 Å². The van der Waals surface area contributed by atoms with Crippen molar-refractivity contribution in [1.29, 1.82) is 0 Å². The van der Waals surface area contributed by atoms with Gasteiger partial charge in [-0.25, -0.2) is 0 Å². The van der Waals surface area contributed by atoms with E-state index in [4.69, 9.17) is 0 Å². The van der Waals surface area contributed by atoms with Crippen LogP contribution in [0.1, 0.15) is 29.6 Å². The fourth-order valence-corrected chi connectivity index (χ4v) is 3.89. The van der Waals surface area contributed by atoms with Gasteiger partial charge >= 0.3 is 0 Å². The number of likely N-dealkylation sites (N-methyl/N-ethyl adjacent to an activating group) is 1. The third-order valence-electron chi connectivity index (χ3n) is 5.23. The van der Waals surface area contributed by atoms with Crippen molar-refractivity contribution in [2.24, 2.45) is 5.41 Å². The van der Waals surface area contributed by atoms with Gasteiger partial charge in [0.25, 0.3) is 5.91 Å². The molecule has 6 heteroatoms. The van der Waals surface area contributed by atoms with E-state index in [0.29, 0.717) is 12.1 Å². The first-order valence-corrected chi connectivity index (χ1v) is 8.61. The maximum atomic E-state index is 12.6. The molecule has 2 aliphatic heterocycles. The lowest BCUT2D eigenvalue weighted by Crippen LogP contribution is -2.48. The third kappa shape index (κ3) is 3.59. The molecule has 1 aromatic rings. The van der Waals surface area contributed by atoms with Crippen LogP contribution in [0.5, 0.6) is 0 Å². The van der Waals surface area contributed by atoms with Gasteiger partial charge in [0, 0.05) is 51.5 Å². The van der Waals surface area contributed by atoms with Crippen LogP contribution in [0.15, 0.2) is 24.5 Å². The molecule has 6 nitrogen and oxygen atoms in total. The first-order valence-electron chi connectivity index (χ1n) is 8.61. The van der Waals surface area contributed by atoms with Crippen LogP contribution < -0.4 is 0 Å². The SMILES string of the molecule is CN(C)C(=O)CN1CCCC2(CCN(C(=O)c3cccnc3)C2)C1. The summed E-state index contributed by atoms with van der Waals surface area (Å²) in [5.74, 6) is 0.217. The molecule has 2 aliphatic rings. The van der Waals surface area contributed by atoms with E-state index in [1.807, 2.05) is 11.0 Å². The van der Waals surface area contributed by atoms with E-state index in [9.17, 15) is 9.59 Å². The first kappa shape index (κ1) is 16.9. The van der Waals surface area contributed by atoms with Gasteiger partial charge in [0.05, 0.1) is 12.1 Å². The Morgan fingerprint density at radius 3 is 2.79 bits per heavy atom. The molecule has 1 spiro atoms. The predicted octanol–water partition coefficient (Wildman–Crippen LogP) is 1.10. The van der Waals surface area contributed by atoms with E-state index in [2.05, 4.69) is 9.88 Å². The molecule has 1 aromatic heterocycles. The summed E-state index contributed by atoms with van der Waals surface area (Å²) in [6.07, 6.45) is 6.57. The second kappa shape index (κ2) is 6.89. The van der Waals surface area contributed by atoms with Gasteiger partial charge in [-0.15, -0.1) is 0 Å². The van der Waals surface area contributed by atoms with Crippen molar-refractivity contribution in [3.63, 3.8) is 0 Å². The minimum atomic E-state index is 0.0708. The van der Waals surface area contributed by atoms with Crippen molar-refractivity contribution in [3.05, 3.63) is 30.1 Å². The Kier molecular flexibility index (Phi) is 4.85. The number of piperidine rings is 1. The quantitative estimate of drug-likeness (QED) is 0.833. The molecule has 2 saturated heterocycles. The normalized spacial score (nSPS) is 24.3. The summed E-state index contributed by atoms with van der Waals surface area (Å²) in [4.78, 5) is 34.5. The number of likely N-dealkylation sites (tertiary alicyclic amines) is 2. The molecule has 3 rings (SSSR count). The van der Waals surface area contributed by atoms with Gasteiger partial charge < -0.3 is 9.80 Å². The number of rotatable bonds is 3. The molecule has 2 amide bonds. The number of carbonyl (C=O) groups is 2. The Morgan fingerprint density at radius 2 is 2.08 bits per heavy atom. The standard InChI is InChI=1S/C18H26N4O2/c1-20(2)16(23)12-21-9-4-6-18(13-21)7-10-22(14-18)17(24)15-5-3-8-19-11-15/h3,5,8,11H,4,6-7,9-10,12-14H2,1-2H3. The minimum absolute atomic E-state index is 0.0708. The molecule has 1 atom stereocenters. The topological polar surface area (TPSA) is 56.8 Å². The Morgan fingerprint density at radius 1 is 1.25 bits per heavy atom. The highest BCUT2D eigenvalue weighted by Gasteiger charge is 2.43. The number of carbonyl (C=O) groups excluding carboxylic acids is 2. The van der Waals surface area contributed by atoms with Crippen molar-refractivity contribution in [2.45, 2.75) is 19.3 Å². The Bertz CT molecular complexity index is 604. The minimum Gasteiger partial charge on any atom is -0.348 e. The van der Waals surface area contributed by atoms with E-state index in [1.54, 1.807) is 37.5 Å². The Labute approximate surface area is 143 Å². The Balaban J connectivity index is 1.63. The monoisotopic (exact) mass is 330 g/mol. The summed E-state index contributed by atoms with van der Waals surface area (Å²) in [6, 6.07) is 3.62. The molecule has 130 valence electrons. The molecule has 2 fully saturated rings. The second-order valence-electron chi connectivity index (χ2n) is 7.32. The van der Waals surface area contributed by atoms with Crippen molar-refractivity contribution in [1.82, 2.24) is 19.7 Å². The van der Waals surface area contributed by atoms with Crippen molar-refractivity contribution in [3.8, 4) is 0 Å². The van der Waals surface area contributed by atoms with Crippen LogP contribution in [0.25, 0.3) is 0 Å². The summed E-state index contributed by atoms with van der Waals surface area (Å²) in [5, 5.41) is 0. The van der Waals surface area contributed by atoms with Crippen molar-refractivity contribution < 1.29 is 9.59 Å². The van der Waals surface area contributed by atoms with Crippen LogP contribution in [0.2, 0.25) is 0 Å². The molecule has 0 N–H and O–H groups in total. The zero-order valence-electron chi connectivity index (χ0n) is 14.6. The van der Waals surface area contributed by atoms with Gasteiger partial charge in [-0.3, -0.25) is 19.5 Å². The maximum absolute atomic E-state index is 12.6. The molecule has 0 aliphatic carbocycles. The molecular formula is C18H26N4O2. The molecule has 24 heavy (non-hydrogen) atoms.